The molecule has 2 aromatic carbocycles. The smallest absolute Gasteiger partial charge is 0.0832 e. The van der Waals surface area contributed by atoms with Crippen molar-refractivity contribution in [2.45, 2.75) is 6.42 Å². The van der Waals surface area contributed by atoms with Gasteiger partial charge >= 0.3 is 0 Å². The van der Waals surface area contributed by atoms with Crippen molar-refractivity contribution in [2.75, 3.05) is 41.5 Å². The fourth-order valence-electron chi connectivity index (χ4n) is 2.38. The summed E-state index contributed by atoms with van der Waals surface area (Å²) < 4.78 is 0. The van der Waals surface area contributed by atoms with Crippen LogP contribution in [0.15, 0.2) is 42.5 Å². The highest BCUT2D eigenvalue weighted by molar-refractivity contribution is 5.82. The molecule has 0 atom stereocenters. The molecular weight excluding hydrogens is 262 g/mol. The molecule has 0 aromatic heterocycles. The van der Waals surface area contributed by atoms with E-state index in [4.69, 9.17) is 5.73 Å². The second-order valence-electron chi connectivity index (χ2n) is 5.39. The van der Waals surface area contributed by atoms with Crippen LogP contribution in [0.2, 0.25) is 0 Å². The molecule has 0 aliphatic carbocycles. The van der Waals surface area contributed by atoms with Gasteiger partial charge in [0.1, 0.15) is 0 Å². The molecule has 1 aliphatic heterocycles. The van der Waals surface area contributed by atoms with E-state index in [9.17, 15) is 0 Å². The van der Waals surface area contributed by atoms with Gasteiger partial charge in [0.15, 0.2) is 0 Å². The van der Waals surface area contributed by atoms with Crippen molar-refractivity contribution in [3.8, 4) is 0 Å². The first kappa shape index (κ1) is 13.6. The Morgan fingerprint density at radius 3 is 2.38 bits per heavy atom. The summed E-state index contributed by atoms with van der Waals surface area (Å²) in [6, 6.07) is 14.7. The van der Waals surface area contributed by atoms with Gasteiger partial charge in [0.2, 0.25) is 0 Å². The van der Waals surface area contributed by atoms with Crippen molar-refractivity contribution in [3.63, 3.8) is 0 Å². The van der Waals surface area contributed by atoms with Gasteiger partial charge in [-0.05, 0) is 48.9 Å². The van der Waals surface area contributed by atoms with Crippen molar-refractivity contribution >= 4 is 22.7 Å². The number of hydrogen-bond donors (Lipinski definition) is 3. The Hall–Kier alpha value is -2.40. The highest BCUT2D eigenvalue weighted by atomic mass is 15.8. The maximum Gasteiger partial charge on any atom is 0.0832 e. The predicted octanol–water partition coefficient (Wildman–Crippen LogP) is 2.43. The van der Waals surface area contributed by atoms with Gasteiger partial charge in [-0.2, -0.15) is 5.12 Å². The summed E-state index contributed by atoms with van der Waals surface area (Å²) >= 11 is 0. The van der Waals surface area contributed by atoms with Crippen LogP contribution in [0, 0.1) is 0 Å². The summed E-state index contributed by atoms with van der Waals surface area (Å²) in [5.74, 6) is 0. The van der Waals surface area contributed by atoms with E-state index in [1.165, 1.54) is 11.3 Å². The summed E-state index contributed by atoms with van der Waals surface area (Å²) in [4.78, 5) is 2.09. The lowest BCUT2D eigenvalue weighted by molar-refractivity contribution is 0.967. The van der Waals surface area contributed by atoms with Crippen molar-refractivity contribution in [2.24, 2.45) is 5.73 Å². The number of rotatable bonds is 4. The average molecular weight is 283 g/mol. The molecule has 0 spiro atoms. The highest BCUT2D eigenvalue weighted by Gasteiger charge is 2.18. The molecule has 110 valence electrons. The van der Waals surface area contributed by atoms with Crippen molar-refractivity contribution in [3.05, 3.63) is 48.0 Å². The van der Waals surface area contributed by atoms with Gasteiger partial charge in [-0.25, -0.2) is 0 Å². The number of benzene rings is 2. The third kappa shape index (κ3) is 2.73. The third-order valence-corrected chi connectivity index (χ3v) is 3.61. The summed E-state index contributed by atoms with van der Waals surface area (Å²) in [6.45, 7) is 0.679. The Morgan fingerprint density at radius 1 is 1.00 bits per heavy atom. The quantitative estimate of drug-likeness (QED) is 0.804. The van der Waals surface area contributed by atoms with Crippen LogP contribution in [0.4, 0.5) is 22.7 Å². The molecule has 1 heterocycles. The molecule has 21 heavy (non-hydrogen) atoms. The molecule has 0 bridgehead atoms. The SMILES string of the molecule is CN(C)c1ccc2c(c1)NN(c1ccc(CCN)cc1)N2. The molecule has 5 heteroatoms. The zero-order chi connectivity index (χ0) is 14.8. The second kappa shape index (κ2) is 5.54. The summed E-state index contributed by atoms with van der Waals surface area (Å²) in [5.41, 5.74) is 17.9. The van der Waals surface area contributed by atoms with E-state index in [1.807, 2.05) is 19.2 Å². The van der Waals surface area contributed by atoms with Crippen LogP contribution in [-0.4, -0.2) is 20.6 Å². The molecule has 0 saturated carbocycles. The Bertz CT molecular complexity index is 621. The molecule has 3 rings (SSSR count). The fourth-order valence-corrected chi connectivity index (χ4v) is 2.38. The summed E-state index contributed by atoms with van der Waals surface area (Å²) in [5, 5.41) is 1.93. The van der Waals surface area contributed by atoms with Gasteiger partial charge in [0, 0.05) is 19.8 Å². The van der Waals surface area contributed by atoms with Gasteiger partial charge in [-0.1, -0.05) is 12.1 Å². The van der Waals surface area contributed by atoms with Crippen LogP contribution < -0.4 is 26.6 Å². The first-order chi connectivity index (χ1) is 10.2. The second-order valence-corrected chi connectivity index (χ2v) is 5.39. The third-order valence-electron chi connectivity index (χ3n) is 3.61. The van der Waals surface area contributed by atoms with Gasteiger partial charge in [-0.3, -0.25) is 10.9 Å². The Labute approximate surface area is 125 Å². The average Bonchev–Trinajstić information content (AvgIpc) is 2.91. The predicted molar refractivity (Wildman–Crippen MR) is 89.7 cm³/mol. The van der Waals surface area contributed by atoms with E-state index in [-0.39, 0.29) is 0 Å². The molecule has 5 nitrogen and oxygen atoms in total. The Kier molecular flexibility index (Phi) is 3.58. The number of nitrogens with two attached hydrogens (primary N) is 1. The van der Waals surface area contributed by atoms with Gasteiger partial charge in [0.05, 0.1) is 17.1 Å². The standard InChI is InChI=1S/C16H21N5/c1-20(2)14-7-8-15-16(11-14)19-21(18-15)13-5-3-12(4-6-13)9-10-17/h3-8,11,18-19H,9-10,17H2,1-2H3. The van der Waals surface area contributed by atoms with Gasteiger partial charge in [-0.15, -0.1) is 0 Å². The molecule has 4 N–H and O–H groups in total. The lowest BCUT2D eigenvalue weighted by Gasteiger charge is -2.19. The lowest BCUT2D eigenvalue weighted by Crippen LogP contribution is -2.29. The Balaban J connectivity index is 1.77. The minimum absolute atomic E-state index is 0.679. The Morgan fingerprint density at radius 2 is 1.71 bits per heavy atom. The van der Waals surface area contributed by atoms with Crippen LogP contribution in [0.25, 0.3) is 0 Å². The minimum atomic E-state index is 0.679. The van der Waals surface area contributed by atoms with Crippen LogP contribution in [0.1, 0.15) is 5.56 Å². The molecule has 1 aliphatic rings. The van der Waals surface area contributed by atoms with E-state index in [0.717, 1.165) is 23.5 Å². The maximum atomic E-state index is 5.58. The maximum absolute atomic E-state index is 5.58. The molecular formula is C16H21N5. The summed E-state index contributed by atoms with van der Waals surface area (Å²) in [6.07, 6.45) is 0.910. The van der Waals surface area contributed by atoms with Gasteiger partial charge < -0.3 is 10.6 Å². The minimum Gasteiger partial charge on any atom is -0.378 e. The number of nitrogens with one attached hydrogen (secondary N) is 2. The van der Waals surface area contributed by atoms with Crippen LogP contribution in [0.3, 0.4) is 0 Å². The van der Waals surface area contributed by atoms with E-state index >= 15 is 0 Å². The first-order valence-corrected chi connectivity index (χ1v) is 7.11. The fraction of sp³-hybridized carbons (Fsp3) is 0.250. The van der Waals surface area contributed by atoms with E-state index in [0.29, 0.717) is 6.54 Å². The largest absolute Gasteiger partial charge is 0.378 e. The van der Waals surface area contributed by atoms with Gasteiger partial charge in [0.25, 0.3) is 0 Å². The molecule has 0 unspecified atom stereocenters. The van der Waals surface area contributed by atoms with E-state index in [1.54, 1.807) is 0 Å². The highest BCUT2D eigenvalue weighted by Crippen LogP contribution is 2.34. The number of fused-ring (bicyclic) bond motifs is 1. The normalized spacial score (nSPS) is 12.6. The summed E-state index contributed by atoms with van der Waals surface area (Å²) in [7, 11) is 4.08. The first-order valence-electron chi connectivity index (χ1n) is 7.11. The number of hydrogen-bond acceptors (Lipinski definition) is 5. The lowest BCUT2D eigenvalue weighted by atomic mass is 10.1. The van der Waals surface area contributed by atoms with E-state index in [2.05, 4.69) is 58.2 Å². The topological polar surface area (TPSA) is 56.6 Å². The molecule has 2 aromatic rings. The zero-order valence-electron chi connectivity index (χ0n) is 12.4. The van der Waals surface area contributed by atoms with Crippen molar-refractivity contribution in [1.82, 2.24) is 0 Å². The molecule has 0 radical (unpaired) electrons. The molecule has 0 amide bonds. The number of anilines is 4. The monoisotopic (exact) mass is 283 g/mol. The van der Waals surface area contributed by atoms with E-state index < -0.39 is 0 Å². The zero-order valence-corrected chi connectivity index (χ0v) is 12.4. The number of hydrazine groups is 2. The van der Waals surface area contributed by atoms with Crippen molar-refractivity contribution in [1.29, 1.82) is 0 Å². The van der Waals surface area contributed by atoms with Crippen LogP contribution >= 0.6 is 0 Å². The molecule has 0 fully saturated rings. The van der Waals surface area contributed by atoms with Crippen LogP contribution in [-0.2, 0) is 6.42 Å². The number of nitrogens with zero attached hydrogens (tertiary/aromatic N) is 2. The van der Waals surface area contributed by atoms with Crippen LogP contribution in [0.5, 0.6) is 0 Å². The molecule has 0 saturated heterocycles. The van der Waals surface area contributed by atoms with Crippen molar-refractivity contribution < 1.29 is 0 Å².